The number of fused-ring (bicyclic) bond motifs is 1. The van der Waals surface area contributed by atoms with Gasteiger partial charge in [-0.3, -0.25) is 9.98 Å². The molecule has 0 unspecified atom stereocenters. The number of ether oxygens (including phenoxy) is 1. The zero-order valence-electron chi connectivity index (χ0n) is 19.3. The lowest BCUT2D eigenvalue weighted by Crippen LogP contribution is -2.03. The molecule has 2 aromatic carbocycles. The number of aromatic nitrogens is 2. The van der Waals surface area contributed by atoms with Crippen LogP contribution in [0, 0.1) is 12.7 Å². The molecule has 2 heterocycles. The highest BCUT2D eigenvalue weighted by atomic mass is 19.1. The molecule has 0 radical (unpaired) electrons. The van der Waals surface area contributed by atoms with Gasteiger partial charge >= 0.3 is 0 Å². The van der Waals surface area contributed by atoms with Crippen LogP contribution in [0.1, 0.15) is 36.2 Å². The second-order valence-corrected chi connectivity index (χ2v) is 7.98. The van der Waals surface area contributed by atoms with Crippen molar-refractivity contribution in [2.75, 3.05) is 13.2 Å². The molecule has 4 rings (SSSR count). The third-order valence-corrected chi connectivity index (χ3v) is 5.53. The zero-order chi connectivity index (χ0) is 23.2. The number of aliphatic imine (C=N–C) groups is 1. The minimum atomic E-state index is -0.269. The average Bonchev–Trinajstić information content (AvgIpc) is 2.83. The van der Waals surface area contributed by atoms with Gasteiger partial charge in [-0.05, 0) is 85.5 Å². The zero-order valence-corrected chi connectivity index (χ0v) is 19.3. The fraction of sp³-hybridized carbons (Fsp3) is 0.250. The van der Waals surface area contributed by atoms with E-state index in [-0.39, 0.29) is 5.82 Å². The Kier molecular flexibility index (Phi) is 7.08. The maximum absolute atomic E-state index is 13.4. The summed E-state index contributed by atoms with van der Waals surface area (Å²) in [6, 6.07) is 16.8. The lowest BCUT2D eigenvalue weighted by molar-refractivity contribution is 0.338. The average molecular weight is 442 g/mol. The molecule has 0 N–H and O–H groups in total. The predicted molar refractivity (Wildman–Crippen MR) is 133 cm³/mol. The topological polar surface area (TPSA) is 47.4 Å². The smallest absolute Gasteiger partial charge is 0.148 e. The lowest BCUT2D eigenvalue weighted by atomic mass is 10.1. The summed E-state index contributed by atoms with van der Waals surface area (Å²) in [6.45, 7) is 7.25. The van der Waals surface area contributed by atoms with Crippen LogP contribution in [0.5, 0.6) is 5.75 Å². The second-order valence-electron chi connectivity index (χ2n) is 7.98. The van der Waals surface area contributed by atoms with E-state index in [4.69, 9.17) is 9.72 Å². The Bertz CT molecular complexity index is 1280. The second kappa shape index (κ2) is 10.3. The molecule has 0 saturated heterocycles. The molecule has 5 heteroatoms. The first kappa shape index (κ1) is 22.6. The SMILES string of the molecule is CCOc1c(C)cc(CCN=Cc2ccc3ncc(CC)cc3c2)nc1-c1ccc(F)cc1. The molecule has 2 aromatic heterocycles. The van der Waals surface area contributed by atoms with Gasteiger partial charge in [-0.2, -0.15) is 0 Å². The highest BCUT2D eigenvalue weighted by Gasteiger charge is 2.13. The Morgan fingerprint density at radius 2 is 1.85 bits per heavy atom. The lowest BCUT2D eigenvalue weighted by Gasteiger charge is -2.14. The maximum Gasteiger partial charge on any atom is 0.148 e. The Morgan fingerprint density at radius 1 is 1.03 bits per heavy atom. The van der Waals surface area contributed by atoms with Crippen LogP contribution in [0.2, 0.25) is 0 Å². The van der Waals surface area contributed by atoms with Gasteiger partial charge in [0, 0.05) is 42.0 Å². The van der Waals surface area contributed by atoms with Gasteiger partial charge in [0.05, 0.1) is 12.1 Å². The van der Waals surface area contributed by atoms with Crippen molar-refractivity contribution in [2.45, 2.75) is 33.6 Å². The highest BCUT2D eigenvalue weighted by Crippen LogP contribution is 2.32. The third-order valence-electron chi connectivity index (χ3n) is 5.53. The minimum absolute atomic E-state index is 0.269. The van der Waals surface area contributed by atoms with E-state index < -0.39 is 0 Å². The van der Waals surface area contributed by atoms with Gasteiger partial charge in [0.2, 0.25) is 0 Å². The van der Waals surface area contributed by atoms with Crippen LogP contribution in [0.15, 0.2) is 65.8 Å². The van der Waals surface area contributed by atoms with Gasteiger partial charge in [-0.15, -0.1) is 0 Å². The molecule has 0 aliphatic rings. The quantitative estimate of drug-likeness (QED) is 0.299. The summed E-state index contributed by atoms with van der Waals surface area (Å²) in [7, 11) is 0. The van der Waals surface area contributed by atoms with E-state index in [9.17, 15) is 4.39 Å². The highest BCUT2D eigenvalue weighted by molar-refractivity contribution is 5.88. The van der Waals surface area contributed by atoms with Crippen LogP contribution in [-0.4, -0.2) is 29.3 Å². The standard InChI is InChI=1S/C28H28FN3O/c1-4-20-15-23-16-21(6-11-26(23)31-18-20)17-30-13-12-25-14-19(3)28(33-5-2)27(32-25)22-7-9-24(29)10-8-22/h6-11,14-18H,4-5,12-13H2,1-3H3. The fourth-order valence-corrected chi connectivity index (χ4v) is 3.81. The van der Waals surface area contributed by atoms with Gasteiger partial charge in [0.1, 0.15) is 17.3 Å². The number of pyridine rings is 2. The molecule has 4 nitrogen and oxygen atoms in total. The summed E-state index contributed by atoms with van der Waals surface area (Å²) < 4.78 is 19.3. The Hall–Kier alpha value is -3.60. The van der Waals surface area contributed by atoms with Crippen LogP contribution in [0.4, 0.5) is 4.39 Å². The molecule has 168 valence electrons. The molecule has 0 bridgehead atoms. The first-order valence-electron chi connectivity index (χ1n) is 11.3. The predicted octanol–water partition coefficient (Wildman–Crippen LogP) is 6.37. The summed E-state index contributed by atoms with van der Waals surface area (Å²) in [5, 5.41) is 1.13. The van der Waals surface area contributed by atoms with Crippen LogP contribution in [0.3, 0.4) is 0 Å². The van der Waals surface area contributed by atoms with Gasteiger partial charge < -0.3 is 4.74 Å². The molecule has 0 aliphatic heterocycles. The molecule has 33 heavy (non-hydrogen) atoms. The summed E-state index contributed by atoms with van der Waals surface area (Å²) in [5.74, 6) is 0.474. The molecular formula is C28H28FN3O. The van der Waals surface area contributed by atoms with Crippen molar-refractivity contribution >= 4 is 17.1 Å². The van der Waals surface area contributed by atoms with Gasteiger partial charge in [0.25, 0.3) is 0 Å². The number of hydrogen-bond donors (Lipinski definition) is 0. The molecule has 4 aromatic rings. The number of hydrogen-bond acceptors (Lipinski definition) is 4. The van der Waals surface area contributed by atoms with Gasteiger partial charge in [0.15, 0.2) is 0 Å². The number of aryl methyl sites for hydroxylation is 2. The van der Waals surface area contributed by atoms with Crippen molar-refractivity contribution < 1.29 is 9.13 Å². The van der Waals surface area contributed by atoms with Crippen molar-refractivity contribution in [3.63, 3.8) is 0 Å². The summed E-state index contributed by atoms with van der Waals surface area (Å²) >= 11 is 0. The van der Waals surface area contributed by atoms with Crippen LogP contribution < -0.4 is 4.74 Å². The van der Waals surface area contributed by atoms with Crippen LogP contribution >= 0.6 is 0 Å². The summed E-state index contributed by atoms with van der Waals surface area (Å²) in [5.41, 5.74) is 6.80. The molecular weight excluding hydrogens is 413 g/mol. The number of rotatable bonds is 8. The van der Waals surface area contributed by atoms with Gasteiger partial charge in [-0.25, -0.2) is 9.37 Å². The number of nitrogens with zero attached hydrogens (tertiary/aromatic N) is 3. The summed E-state index contributed by atoms with van der Waals surface area (Å²) in [6.07, 6.45) is 5.51. The van der Waals surface area contributed by atoms with E-state index in [1.165, 1.54) is 17.7 Å². The largest absolute Gasteiger partial charge is 0.491 e. The Balaban J connectivity index is 1.51. The Morgan fingerprint density at radius 3 is 2.61 bits per heavy atom. The number of benzene rings is 2. The van der Waals surface area contributed by atoms with E-state index in [0.29, 0.717) is 19.6 Å². The van der Waals surface area contributed by atoms with Gasteiger partial charge in [-0.1, -0.05) is 13.0 Å². The molecule has 0 spiro atoms. The molecule has 0 saturated carbocycles. The van der Waals surface area contributed by atoms with E-state index in [1.54, 1.807) is 12.1 Å². The van der Waals surface area contributed by atoms with Crippen LogP contribution in [-0.2, 0) is 12.8 Å². The van der Waals surface area contributed by atoms with Crippen molar-refractivity contribution in [3.8, 4) is 17.0 Å². The van der Waals surface area contributed by atoms with Crippen molar-refractivity contribution in [3.05, 3.63) is 89.0 Å². The summed E-state index contributed by atoms with van der Waals surface area (Å²) in [4.78, 5) is 14.0. The first-order valence-corrected chi connectivity index (χ1v) is 11.3. The molecule has 0 atom stereocenters. The normalized spacial score (nSPS) is 11.4. The Labute approximate surface area is 194 Å². The maximum atomic E-state index is 13.4. The van der Waals surface area contributed by atoms with E-state index >= 15 is 0 Å². The fourth-order valence-electron chi connectivity index (χ4n) is 3.81. The van der Waals surface area contributed by atoms with E-state index in [0.717, 1.165) is 51.2 Å². The first-order chi connectivity index (χ1) is 16.1. The number of halogens is 1. The minimum Gasteiger partial charge on any atom is -0.491 e. The monoisotopic (exact) mass is 441 g/mol. The molecule has 0 fully saturated rings. The van der Waals surface area contributed by atoms with E-state index in [1.807, 2.05) is 44.5 Å². The van der Waals surface area contributed by atoms with Crippen molar-refractivity contribution in [1.82, 2.24) is 9.97 Å². The molecule has 0 aliphatic carbocycles. The van der Waals surface area contributed by atoms with Crippen molar-refractivity contribution in [1.29, 1.82) is 0 Å². The van der Waals surface area contributed by atoms with Crippen LogP contribution in [0.25, 0.3) is 22.2 Å². The third kappa shape index (κ3) is 5.43. The van der Waals surface area contributed by atoms with Crippen molar-refractivity contribution in [2.24, 2.45) is 4.99 Å². The van der Waals surface area contributed by atoms with E-state index in [2.05, 4.69) is 29.0 Å². The molecule has 0 amide bonds.